The second-order valence-electron chi connectivity index (χ2n) is 4.81. The van der Waals surface area contributed by atoms with E-state index in [2.05, 4.69) is 5.16 Å². The number of anilines is 2. The van der Waals surface area contributed by atoms with Gasteiger partial charge in [0.25, 0.3) is 0 Å². The third kappa shape index (κ3) is 2.45. The fourth-order valence-electron chi connectivity index (χ4n) is 2.25. The van der Waals surface area contributed by atoms with E-state index in [1.807, 2.05) is 42.5 Å². The monoisotopic (exact) mass is 281 g/mol. The molecule has 106 valence electrons. The minimum absolute atomic E-state index is 0.0908. The number of nitrogen functional groups attached to an aromatic ring is 1. The lowest BCUT2D eigenvalue weighted by Crippen LogP contribution is -2.28. The van der Waals surface area contributed by atoms with Crippen LogP contribution in [-0.2, 0) is 11.2 Å². The number of hydrogen-bond donors (Lipinski definition) is 1. The molecule has 5 heteroatoms. The highest BCUT2D eigenvalue weighted by Gasteiger charge is 2.17. The van der Waals surface area contributed by atoms with Gasteiger partial charge < -0.3 is 15.2 Å². The summed E-state index contributed by atoms with van der Waals surface area (Å²) in [7, 11) is 1.70. The molecule has 5 nitrogen and oxygen atoms in total. The van der Waals surface area contributed by atoms with Gasteiger partial charge in [0.15, 0.2) is 5.58 Å². The predicted octanol–water partition coefficient (Wildman–Crippen LogP) is 2.62. The van der Waals surface area contributed by atoms with Crippen LogP contribution in [0.1, 0.15) is 5.69 Å². The lowest BCUT2D eigenvalue weighted by molar-refractivity contribution is -0.117. The van der Waals surface area contributed by atoms with Crippen LogP contribution in [0.4, 0.5) is 11.4 Å². The molecular formula is C16H15N3O2. The molecule has 0 aliphatic heterocycles. The van der Waals surface area contributed by atoms with Crippen molar-refractivity contribution in [3.63, 3.8) is 0 Å². The van der Waals surface area contributed by atoms with Gasteiger partial charge in [0.1, 0.15) is 5.69 Å². The van der Waals surface area contributed by atoms with E-state index in [1.54, 1.807) is 18.0 Å². The first-order valence-corrected chi connectivity index (χ1v) is 6.61. The second kappa shape index (κ2) is 5.28. The van der Waals surface area contributed by atoms with Gasteiger partial charge in [-0.1, -0.05) is 29.4 Å². The van der Waals surface area contributed by atoms with Gasteiger partial charge in [-0.3, -0.25) is 4.79 Å². The van der Waals surface area contributed by atoms with Gasteiger partial charge >= 0.3 is 0 Å². The Morgan fingerprint density at radius 2 is 1.90 bits per heavy atom. The van der Waals surface area contributed by atoms with Crippen molar-refractivity contribution >= 4 is 28.3 Å². The van der Waals surface area contributed by atoms with Gasteiger partial charge in [-0.25, -0.2) is 0 Å². The number of nitrogens with two attached hydrogens (primary N) is 1. The van der Waals surface area contributed by atoms with Crippen LogP contribution in [0.5, 0.6) is 0 Å². The van der Waals surface area contributed by atoms with Gasteiger partial charge in [0.05, 0.1) is 17.8 Å². The smallest absolute Gasteiger partial charge is 0.232 e. The zero-order valence-electron chi connectivity index (χ0n) is 11.6. The van der Waals surface area contributed by atoms with Crippen LogP contribution in [0.2, 0.25) is 0 Å². The van der Waals surface area contributed by atoms with Crippen molar-refractivity contribution in [3.05, 3.63) is 54.2 Å². The molecule has 3 rings (SSSR count). The fourth-order valence-corrected chi connectivity index (χ4v) is 2.25. The number of rotatable bonds is 3. The lowest BCUT2D eigenvalue weighted by Gasteiger charge is -2.18. The van der Waals surface area contributed by atoms with Crippen molar-refractivity contribution in [1.82, 2.24) is 5.16 Å². The summed E-state index contributed by atoms with van der Waals surface area (Å²) in [5.41, 5.74) is 8.47. The molecule has 0 radical (unpaired) electrons. The first-order valence-electron chi connectivity index (χ1n) is 6.61. The molecule has 0 aliphatic rings. The van der Waals surface area contributed by atoms with Gasteiger partial charge in [-0.05, 0) is 24.3 Å². The van der Waals surface area contributed by atoms with E-state index in [1.165, 1.54) is 0 Å². The molecule has 0 bridgehead atoms. The van der Waals surface area contributed by atoms with E-state index >= 15 is 0 Å². The standard InChI is InChI=1S/C16H15N3O2/c1-19(14-8-4-3-7-12(14)17)16(20)10-13-11-6-2-5-9-15(11)21-18-13/h2-9H,10,17H2,1H3. The van der Waals surface area contributed by atoms with Gasteiger partial charge in [-0.15, -0.1) is 0 Å². The number of carbonyl (C=O) groups is 1. The lowest BCUT2D eigenvalue weighted by atomic mass is 10.1. The number of hydrogen-bond acceptors (Lipinski definition) is 4. The van der Waals surface area contributed by atoms with Crippen LogP contribution in [0.15, 0.2) is 53.1 Å². The minimum Gasteiger partial charge on any atom is -0.397 e. The van der Waals surface area contributed by atoms with E-state index in [4.69, 9.17) is 10.3 Å². The van der Waals surface area contributed by atoms with Crippen LogP contribution in [-0.4, -0.2) is 18.1 Å². The van der Waals surface area contributed by atoms with Crippen molar-refractivity contribution in [1.29, 1.82) is 0 Å². The molecule has 0 saturated carbocycles. The Morgan fingerprint density at radius 3 is 2.71 bits per heavy atom. The van der Waals surface area contributed by atoms with Crippen LogP contribution >= 0.6 is 0 Å². The molecule has 0 aliphatic carbocycles. The van der Waals surface area contributed by atoms with E-state index in [9.17, 15) is 4.79 Å². The summed E-state index contributed by atoms with van der Waals surface area (Å²) in [6, 6.07) is 14.8. The van der Waals surface area contributed by atoms with E-state index in [0.717, 1.165) is 5.39 Å². The van der Waals surface area contributed by atoms with E-state index in [0.29, 0.717) is 22.7 Å². The molecule has 1 amide bonds. The largest absolute Gasteiger partial charge is 0.397 e. The molecule has 1 heterocycles. The normalized spacial score (nSPS) is 10.7. The maximum atomic E-state index is 12.4. The number of nitrogens with zero attached hydrogens (tertiary/aromatic N) is 2. The first kappa shape index (κ1) is 13.2. The highest BCUT2D eigenvalue weighted by molar-refractivity contribution is 5.98. The molecule has 2 aromatic carbocycles. The molecule has 3 aromatic rings. The molecule has 1 aromatic heterocycles. The summed E-state index contributed by atoms with van der Waals surface area (Å²) in [4.78, 5) is 13.9. The SMILES string of the molecule is CN(C(=O)Cc1noc2ccccc12)c1ccccc1N. The van der Waals surface area contributed by atoms with Crippen LogP contribution in [0.3, 0.4) is 0 Å². The highest BCUT2D eigenvalue weighted by Crippen LogP contribution is 2.23. The number of carbonyl (C=O) groups excluding carboxylic acids is 1. The van der Waals surface area contributed by atoms with Crippen molar-refractivity contribution in [2.24, 2.45) is 0 Å². The van der Waals surface area contributed by atoms with Gasteiger partial charge in [0.2, 0.25) is 5.91 Å². The second-order valence-corrected chi connectivity index (χ2v) is 4.81. The average molecular weight is 281 g/mol. The summed E-state index contributed by atoms with van der Waals surface area (Å²) < 4.78 is 5.21. The Balaban J connectivity index is 1.85. The Hall–Kier alpha value is -2.82. The van der Waals surface area contributed by atoms with E-state index in [-0.39, 0.29) is 12.3 Å². The Kier molecular flexibility index (Phi) is 3.31. The number of amides is 1. The third-order valence-electron chi connectivity index (χ3n) is 3.44. The van der Waals surface area contributed by atoms with Gasteiger partial charge in [0, 0.05) is 12.4 Å². The number of benzene rings is 2. The summed E-state index contributed by atoms with van der Waals surface area (Å²) in [6.07, 6.45) is 0.168. The third-order valence-corrected chi connectivity index (χ3v) is 3.44. The fraction of sp³-hybridized carbons (Fsp3) is 0.125. The van der Waals surface area contributed by atoms with Crippen LogP contribution in [0.25, 0.3) is 11.0 Å². The van der Waals surface area contributed by atoms with Crippen molar-refractivity contribution in [3.8, 4) is 0 Å². The number of fused-ring (bicyclic) bond motifs is 1. The zero-order valence-corrected chi connectivity index (χ0v) is 11.6. The number of aromatic nitrogens is 1. The quantitative estimate of drug-likeness (QED) is 0.749. The van der Waals surface area contributed by atoms with Gasteiger partial charge in [-0.2, -0.15) is 0 Å². The maximum absolute atomic E-state index is 12.4. The summed E-state index contributed by atoms with van der Waals surface area (Å²) in [6.45, 7) is 0. The molecule has 2 N–H and O–H groups in total. The van der Waals surface area contributed by atoms with Crippen LogP contribution < -0.4 is 10.6 Å². The first-order chi connectivity index (χ1) is 10.2. The molecule has 0 fully saturated rings. The van der Waals surface area contributed by atoms with Crippen LogP contribution in [0, 0.1) is 0 Å². The van der Waals surface area contributed by atoms with Crippen molar-refractivity contribution < 1.29 is 9.32 Å². The summed E-state index contributed by atoms with van der Waals surface area (Å²) in [5.74, 6) is -0.0908. The average Bonchev–Trinajstić information content (AvgIpc) is 2.90. The molecule has 21 heavy (non-hydrogen) atoms. The highest BCUT2D eigenvalue weighted by atomic mass is 16.5. The van der Waals surface area contributed by atoms with E-state index < -0.39 is 0 Å². The molecule has 0 spiro atoms. The summed E-state index contributed by atoms with van der Waals surface area (Å²) in [5, 5.41) is 4.84. The Labute approximate surface area is 121 Å². The van der Waals surface area contributed by atoms with Crippen molar-refractivity contribution in [2.75, 3.05) is 17.7 Å². The number of para-hydroxylation sites is 3. The molecule has 0 unspecified atom stereocenters. The Bertz CT molecular complexity index is 795. The van der Waals surface area contributed by atoms with Crippen molar-refractivity contribution in [2.45, 2.75) is 6.42 Å². The Morgan fingerprint density at radius 1 is 1.19 bits per heavy atom. The summed E-state index contributed by atoms with van der Waals surface area (Å²) >= 11 is 0. The zero-order chi connectivity index (χ0) is 14.8. The topological polar surface area (TPSA) is 72.4 Å². The predicted molar refractivity (Wildman–Crippen MR) is 82.0 cm³/mol. The molecule has 0 saturated heterocycles. The molecule has 0 atom stereocenters. The minimum atomic E-state index is -0.0908. The number of likely N-dealkylation sites (N-methyl/N-ethyl adjacent to an activating group) is 1. The maximum Gasteiger partial charge on any atom is 0.232 e. The molecular weight excluding hydrogens is 266 g/mol.